The molecule has 1 heterocycles. The number of ether oxygens (including phenoxy) is 1. The molecule has 0 aromatic carbocycles. The van der Waals surface area contributed by atoms with Crippen molar-refractivity contribution in [2.75, 3.05) is 6.54 Å². The fourth-order valence-electron chi connectivity index (χ4n) is 2.60. The van der Waals surface area contributed by atoms with Gasteiger partial charge in [-0.2, -0.15) is 0 Å². The van der Waals surface area contributed by atoms with E-state index < -0.39 is 11.6 Å². The van der Waals surface area contributed by atoms with Gasteiger partial charge in [0, 0.05) is 24.4 Å². The first-order chi connectivity index (χ1) is 11.5. The van der Waals surface area contributed by atoms with E-state index in [0.29, 0.717) is 13.0 Å². The van der Waals surface area contributed by atoms with Crippen LogP contribution in [-0.4, -0.2) is 45.2 Å². The molecule has 0 fully saturated rings. The van der Waals surface area contributed by atoms with Gasteiger partial charge in [-0.1, -0.05) is 20.8 Å². The minimum atomic E-state index is -1.01. The van der Waals surface area contributed by atoms with Crippen LogP contribution >= 0.6 is 11.3 Å². The first-order valence-corrected chi connectivity index (χ1v) is 9.60. The summed E-state index contributed by atoms with van der Waals surface area (Å²) in [5, 5.41) is 11.3. The van der Waals surface area contributed by atoms with Gasteiger partial charge >= 0.3 is 12.1 Å². The zero-order chi connectivity index (χ0) is 19.2. The molecule has 1 N–H and O–H groups in total. The van der Waals surface area contributed by atoms with Crippen molar-refractivity contribution in [2.24, 2.45) is 5.92 Å². The van der Waals surface area contributed by atoms with Crippen molar-refractivity contribution in [1.29, 1.82) is 0 Å². The minimum absolute atomic E-state index is 0.0204. The maximum atomic E-state index is 12.6. The van der Waals surface area contributed by atoms with Gasteiger partial charge in [-0.15, -0.1) is 11.3 Å². The zero-order valence-electron chi connectivity index (χ0n) is 16.0. The summed E-state index contributed by atoms with van der Waals surface area (Å²) in [5.41, 5.74) is -0.449. The van der Waals surface area contributed by atoms with Crippen LogP contribution in [0.3, 0.4) is 0 Å². The van der Waals surface area contributed by atoms with E-state index in [1.165, 1.54) is 11.3 Å². The Bertz CT molecular complexity index is 578. The molecule has 142 valence electrons. The largest absolute Gasteiger partial charge is 0.476 e. The molecule has 0 saturated heterocycles. The molecular formula is C18H30N2O4S. The Labute approximate surface area is 154 Å². The Morgan fingerprint density at radius 3 is 2.44 bits per heavy atom. The van der Waals surface area contributed by atoms with Gasteiger partial charge in [-0.05, 0) is 39.5 Å². The van der Waals surface area contributed by atoms with E-state index in [9.17, 15) is 9.59 Å². The number of carbonyl (C=O) groups excluding carboxylic acids is 1. The topological polar surface area (TPSA) is 79.7 Å². The van der Waals surface area contributed by atoms with E-state index in [4.69, 9.17) is 9.84 Å². The number of amides is 1. The number of carboxylic acid groups (broad SMARTS) is 1. The Kier molecular flexibility index (Phi) is 7.86. The molecule has 0 aliphatic heterocycles. The lowest BCUT2D eigenvalue weighted by Gasteiger charge is -2.35. The van der Waals surface area contributed by atoms with Crippen LogP contribution in [0.4, 0.5) is 4.79 Å². The Hall–Kier alpha value is -1.63. The number of carbonyl (C=O) groups is 2. The van der Waals surface area contributed by atoms with E-state index in [1.54, 1.807) is 5.38 Å². The van der Waals surface area contributed by atoms with Crippen molar-refractivity contribution in [1.82, 2.24) is 9.88 Å². The average Bonchev–Trinajstić information content (AvgIpc) is 2.93. The predicted octanol–water partition coefficient (Wildman–Crippen LogP) is 4.45. The normalized spacial score (nSPS) is 12.9. The first kappa shape index (κ1) is 21.4. The molecule has 1 atom stereocenters. The predicted molar refractivity (Wildman–Crippen MR) is 99.3 cm³/mol. The number of aromatic carboxylic acids is 1. The Balaban J connectivity index is 2.85. The highest BCUT2D eigenvalue weighted by molar-refractivity contribution is 7.09. The molecule has 1 amide bonds. The van der Waals surface area contributed by atoms with Crippen molar-refractivity contribution in [3.8, 4) is 0 Å². The molecule has 0 spiro atoms. The summed E-state index contributed by atoms with van der Waals surface area (Å²) < 4.78 is 5.57. The number of carboxylic acids is 1. The zero-order valence-corrected chi connectivity index (χ0v) is 16.9. The molecule has 7 heteroatoms. The summed E-state index contributed by atoms with van der Waals surface area (Å²) in [7, 11) is 0. The second-order valence-corrected chi connectivity index (χ2v) is 8.40. The smallest absolute Gasteiger partial charge is 0.410 e. The van der Waals surface area contributed by atoms with Crippen molar-refractivity contribution in [2.45, 2.75) is 72.4 Å². The summed E-state index contributed by atoms with van der Waals surface area (Å²) in [6, 6.07) is 0.0204. The summed E-state index contributed by atoms with van der Waals surface area (Å²) in [6.07, 6.45) is 1.93. The highest BCUT2D eigenvalue weighted by Gasteiger charge is 2.29. The molecule has 6 nitrogen and oxygen atoms in total. The second-order valence-electron chi connectivity index (χ2n) is 7.46. The molecule has 0 radical (unpaired) electrons. The fraction of sp³-hybridized carbons (Fsp3) is 0.722. The molecule has 25 heavy (non-hydrogen) atoms. The number of hydrogen-bond donors (Lipinski definition) is 1. The van der Waals surface area contributed by atoms with Crippen LogP contribution in [0.1, 0.15) is 69.9 Å². The Morgan fingerprint density at radius 1 is 1.36 bits per heavy atom. The molecular weight excluding hydrogens is 340 g/mol. The third-order valence-corrected chi connectivity index (χ3v) is 4.60. The van der Waals surface area contributed by atoms with Gasteiger partial charge in [0.1, 0.15) is 5.60 Å². The monoisotopic (exact) mass is 370 g/mol. The molecule has 1 aromatic heterocycles. The van der Waals surface area contributed by atoms with Crippen LogP contribution in [0.25, 0.3) is 0 Å². The molecule has 1 aromatic rings. The standard InChI is InChI=1S/C18H30N2O4S/c1-7-10-20(17(23)24-18(4,5)6)14(12(2)3)8-9-15-19-13(11-25-15)16(21)22/h11-12,14H,7-10H2,1-6H3,(H,21,22)/t14-/m1/s1. The van der Waals surface area contributed by atoms with Crippen LogP contribution in [0.15, 0.2) is 5.38 Å². The van der Waals surface area contributed by atoms with Crippen LogP contribution < -0.4 is 0 Å². The lowest BCUT2D eigenvalue weighted by molar-refractivity contribution is 0.00997. The quantitative estimate of drug-likeness (QED) is 0.731. The van der Waals surface area contributed by atoms with E-state index in [1.807, 2.05) is 32.6 Å². The van der Waals surface area contributed by atoms with Gasteiger partial charge in [0.25, 0.3) is 0 Å². The molecule has 1 rings (SSSR count). The van der Waals surface area contributed by atoms with E-state index in [2.05, 4.69) is 18.8 Å². The molecule has 0 saturated carbocycles. The van der Waals surface area contributed by atoms with Crippen LogP contribution in [0.2, 0.25) is 0 Å². The van der Waals surface area contributed by atoms with E-state index in [-0.39, 0.29) is 23.7 Å². The number of thiazole rings is 1. The van der Waals surface area contributed by atoms with Crippen LogP contribution in [-0.2, 0) is 11.2 Å². The SMILES string of the molecule is CCCN(C(=O)OC(C)(C)C)[C@H](CCc1nc(C(=O)O)cs1)C(C)C. The van der Waals surface area contributed by atoms with Crippen molar-refractivity contribution >= 4 is 23.4 Å². The number of aromatic nitrogens is 1. The number of rotatable bonds is 8. The number of nitrogens with zero attached hydrogens (tertiary/aromatic N) is 2. The van der Waals surface area contributed by atoms with Crippen LogP contribution in [0.5, 0.6) is 0 Å². The van der Waals surface area contributed by atoms with E-state index >= 15 is 0 Å². The third-order valence-electron chi connectivity index (χ3n) is 3.69. The molecule has 0 unspecified atom stereocenters. The fourth-order valence-corrected chi connectivity index (χ4v) is 3.39. The van der Waals surface area contributed by atoms with Gasteiger partial charge < -0.3 is 14.7 Å². The van der Waals surface area contributed by atoms with Crippen molar-refractivity contribution < 1.29 is 19.4 Å². The van der Waals surface area contributed by atoms with Gasteiger partial charge in [-0.25, -0.2) is 14.6 Å². The van der Waals surface area contributed by atoms with Crippen molar-refractivity contribution in [3.05, 3.63) is 16.1 Å². The first-order valence-electron chi connectivity index (χ1n) is 8.72. The second kappa shape index (κ2) is 9.17. The van der Waals surface area contributed by atoms with E-state index in [0.717, 1.165) is 17.8 Å². The summed E-state index contributed by atoms with van der Waals surface area (Å²) in [5.74, 6) is -0.748. The molecule has 0 bridgehead atoms. The van der Waals surface area contributed by atoms with Gasteiger partial charge in [0.05, 0.1) is 5.01 Å². The average molecular weight is 371 g/mol. The summed E-state index contributed by atoms with van der Waals surface area (Å²) in [4.78, 5) is 29.5. The highest BCUT2D eigenvalue weighted by Crippen LogP contribution is 2.22. The lowest BCUT2D eigenvalue weighted by atomic mass is 9.97. The third kappa shape index (κ3) is 7.02. The van der Waals surface area contributed by atoms with Gasteiger partial charge in [0.15, 0.2) is 5.69 Å². The summed E-state index contributed by atoms with van der Waals surface area (Å²) >= 11 is 1.35. The molecule has 0 aliphatic carbocycles. The number of aryl methyl sites for hydroxylation is 1. The molecule has 0 aliphatic rings. The highest BCUT2D eigenvalue weighted by atomic mass is 32.1. The van der Waals surface area contributed by atoms with Gasteiger partial charge in [-0.3, -0.25) is 0 Å². The summed E-state index contributed by atoms with van der Waals surface area (Å²) in [6.45, 7) is 12.4. The Morgan fingerprint density at radius 2 is 2.00 bits per heavy atom. The lowest BCUT2D eigenvalue weighted by Crippen LogP contribution is -2.46. The number of hydrogen-bond acceptors (Lipinski definition) is 5. The minimum Gasteiger partial charge on any atom is -0.476 e. The maximum Gasteiger partial charge on any atom is 0.410 e. The maximum absolute atomic E-state index is 12.6. The van der Waals surface area contributed by atoms with Crippen LogP contribution in [0, 0.1) is 5.92 Å². The van der Waals surface area contributed by atoms with Gasteiger partial charge in [0.2, 0.25) is 0 Å². The van der Waals surface area contributed by atoms with Crippen molar-refractivity contribution in [3.63, 3.8) is 0 Å².